The van der Waals surface area contributed by atoms with E-state index in [1.54, 1.807) is 18.5 Å². The fourth-order valence-corrected chi connectivity index (χ4v) is 2.66. The van der Waals surface area contributed by atoms with Crippen LogP contribution in [0.4, 0.5) is 0 Å². The van der Waals surface area contributed by atoms with Crippen LogP contribution in [0.5, 0.6) is 0 Å². The summed E-state index contributed by atoms with van der Waals surface area (Å²) in [6.07, 6.45) is 3.49. The Hall–Kier alpha value is -2.21. The number of carbonyl (C=O) groups excluding carboxylic acids is 2. The first-order valence-corrected chi connectivity index (χ1v) is 7.21. The summed E-state index contributed by atoms with van der Waals surface area (Å²) >= 11 is 3.32. The van der Waals surface area contributed by atoms with Gasteiger partial charge in [-0.3, -0.25) is 20.0 Å². The van der Waals surface area contributed by atoms with Crippen molar-refractivity contribution < 1.29 is 9.59 Å². The van der Waals surface area contributed by atoms with Gasteiger partial charge in [-0.25, -0.2) is 5.01 Å². The van der Waals surface area contributed by atoms with Gasteiger partial charge >= 0.3 is 0 Å². The van der Waals surface area contributed by atoms with Crippen LogP contribution in [-0.2, 0) is 17.8 Å². The van der Waals surface area contributed by atoms with Crippen LogP contribution >= 0.6 is 15.9 Å². The van der Waals surface area contributed by atoms with Crippen molar-refractivity contribution in [3.63, 3.8) is 0 Å². The first-order valence-electron chi connectivity index (χ1n) is 6.42. The van der Waals surface area contributed by atoms with Gasteiger partial charge < -0.3 is 0 Å². The fourth-order valence-electron chi connectivity index (χ4n) is 2.25. The average Bonchev–Trinajstić information content (AvgIpc) is 2.47. The molecule has 0 atom stereocenters. The molecule has 1 aromatic carbocycles. The average molecular weight is 346 g/mol. The van der Waals surface area contributed by atoms with Crippen LogP contribution in [0.3, 0.4) is 0 Å². The topological polar surface area (TPSA) is 62.3 Å². The summed E-state index contributed by atoms with van der Waals surface area (Å²) in [5.74, 6) is -0.421. The molecule has 5 nitrogen and oxygen atoms in total. The number of benzene rings is 1. The van der Waals surface area contributed by atoms with E-state index >= 15 is 0 Å². The van der Waals surface area contributed by atoms with Crippen molar-refractivity contribution in [3.05, 3.63) is 63.9 Å². The van der Waals surface area contributed by atoms with Gasteiger partial charge in [-0.1, -0.05) is 18.2 Å². The van der Waals surface area contributed by atoms with Crippen molar-refractivity contribution in [3.8, 4) is 0 Å². The minimum atomic E-state index is -0.252. The van der Waals surface area contributed by atoms with E-state index < -0.39 is 0 Å². The summed E-state index contributed by atoms with van der Waals surface area (Å²) in [5.41, 5.74) is 4.88. The summed E-state index contributed by atoms with van der Waals surface area (Å²) in [6, 6.07) is 9.12. The molecule has 0 spiro atoms. The molecule has 0 saturated heterocycles. The third kappa shape index (κ3) is 2.95. The molecule has 0 bridgehead atoms. The first kappa shape index (κ1) is 13.8. The van der Waals surface area contributed by atoms with E-state index in [0.717, 1.165) is 15.6 Å². The normalized spacial score (nSPS) is 13.6. The number of aromatic nitrogens is 1. The van der Waals surface area contributed by atoms with Gasteiger partial charge in [-0.15, -0.1) is 0 Å². The lowest BCUT2D eigenvalue weighted by atomic mass is 10.0. The third-order valence-electron chi connectivity index (χ3n) is 3.24. The molecule has 1 N–H and O–H groups in total. The number of carbonyl (C=O) groups is 2. The second-order valence-corrected chi connectivity index (χ2v) is 5.68. The lowest BCUT2D eigenvalue weighted by Gasteiger charge is -2.29. The summed E-state index contributed by atoms with van der Waals surface area (Å²) in [7, 11) is 0. The summed E-state index contributed by atoms with van der Waals surface area (Å²) in [6.45, 7) is 0.377. The zero-order valence-corrected chi connectivity index (χ0v) is 12.6. The lowest BCUT2D eigenvalue weighted by Crippen LogP contribution is -2.49. The highest BCUT2D eigenvalue weighted by Crippen LogP contribution is 2.17. The molecule has 2 amide bonds. The Morgan fingerprint density at radius 3 is 2.95 bits per heavy atom. The first-order chi connectivity index (χ1) is 10.1. The number of fused-ring (bicyclic) bond motifs is 1. The van der Waals surface area contributed by atoms with Crippen molar-refractivity contribution in [2.45, 2.75) is 13.0 Å². The molecule has 0 unspecified atom stereocenters. The summed E-state index contributed by atoms with van der Waals surface area (Å²) < 4.78 is 0.820. The second-order valence-electron chi connectivity index (χ2n) is 4.77. The van der Waals surface area contributed by atoms with Crippen molar-refractivity contribution >= 4 is 27.7 Å². The number of nitrogens with one attached hydrogen (secondary N) is 1. The molecule has 1 aromatic heterocycles. The lowest BCUT2D eigenvalue weighted by molar-refractivity contribution is -0.133. The molecular formula is C15H12BrN3O2. The zero-order chi connectivity index (χ0) is 14.8. The highest BCUT2D eigenvalue weighted by atomic mass is 79.9. The van der Waals surface area contributed by atoms with Gasteiger partial charge in [0.25, 0.3) is 5.91 Å². The Kier molecular flexibility index (Phi) is 3.70. The van der Waals surface area contributed by atoms with E-state index in [1.165, 1.54) is 5.01 Å². The molecule has 0 saturated carbocycles. The number of rotatable bonds is 2. The molecule has 1 aliphatic heterocycles. The maximum atomic E-state index is 12.3. The Morgan fingerprint density at radius 2 is 2.14 bits per heavy atom. The molecule has 106 valence electrons. The van der Waals surface area contributed by atoms with Crippen LogP contribution in [-0.4, -0.2) is 21.8 Å². The fraction of sp³-hybridized carbons (Fsp3) is 0.133. The monoisotopic (exact) mass is 345 g/mol. The van der Waals surface area contributed by atoms with Crippen molar-refractivity contribution in [2.75, 3.05) is 0 Å². The van der Waals surface area contributed by atoms with E-state index in [1.807, 2.05) is 24.3 Å². The van der Waals surface area contributed by atoms with E-state index in [9.17, 15) is 9.59 Å². The number of amides is 2. The van der Waals surface area contributed by atoms with Crippen LogP contribution in [0.15, 0.2) is 47.2 Å². The Bertz CT molecular complexity index is 718. The van der Waals surface area contributed by atoms with Crippen molar-refractivity contribution in [1.82, 2.24) is 15.4 Å². The largest absolute Gasteiger partial charge is 0.273 e. The number of hydrogen-bond acceptors (Lipinski definition) is 3. The Labute approximate surface area is 130 Å². The maximum absolute atomic E-state index is 12.3. The Morgan fingerprint density at radius 1 is 1.33 bits per heavy atom. The van der Waals surface area contributed by atoms with Crippen LogP contribution in [0.25, 0.3) is 0 Å². The quantitative estimate of drug-likeness (QED) is 0.906. The van der Waals surface area contributed by atoms with Gasteiger partial charge in [-0.2, -0.15) is 0 Å². The molecule has 0 radical (unpaired) electrons. The molecule has 2 heterocycles. The van der Waals surface area contributed by atoms with Crippen LogP contribution in [0.1, 0.15) is 21.5 Å². The van der Waals surface area contributed by atoms with Gasteiger partial charge in [0.05, 0.1) is 13.0 Å². The van der Waals surface area contributed by atoms with E-state index in [0.29, 0.717) is 12.1 Å². The smallest absolute Gasteiger partial charge is 0.270 e. The molecule has 1 aliphatic rings. The van der Waals surface area contributed by atoms with Crippen molar-refractivity contribution in [1.29, 1.82) is 0 Å². The number of nitrogens with zero attached hydrogens (tertiary/aromatic N) is 2. The van der Waals surface area contributed by atoms with E-state index in [-0.39, 0.29) is 18.2 Å². The predicted molar refractivity (Wildman–Crippen MR) is 80.1 cm³/mol. The van der Waals surface area contributed by atoms with Gasteiger partial charge in [0.15, 0.2) is 0 Å². The molecular weight excluding hydrogens is 334 g/mol. The molecule has 6 heteroatoms. The number of hydrazine groups is 1. The minimum Gasteiger partial charge on any atom is -0.273 e. The Balaban J connectivity index is 1.76. The van der Waals surface area contributed by atoms with Gasteiger partial charge in [0, 0.05) is 22.4 Å². The van der Waals surface area contributed by atoms with Crippen LogP contribution < -0.4 is 5.43 Å². The third-order valence-corrected chi connectivity index (χ3v) is 3.68. The van der Waals surface area contributed by atoms with E-state index in [4.69, 9.17) is 0 Å². The number of halogens is 1. The maximum Gasteiger partial charge on any atom is 0.270 e. The van der Waals surface area contributed by atoms with Gasteiger partial charge in [-0.05, 0) is 39.2 Å². The highest BCUT2D eigenvalue weighted by molar-refractivity contribution is 9.10. The zero-order valence-electron chi connectivity index (χ0n) is 11.0. The number of pyridine rings is 1. The SMILES string of the molecule is O=C1NN(C(=O)Cc2cncc(Br)c2)Cc2ccccc21. The van der Waals surface area contributed by atoms with Gasteiger partial charge in [0.2, 0.25) is 5.91 Å². The molecule has 0 aliphatic carbocycles. The number of hydrogen-bond donors (Lipinski definition) is 1. The summed E-state index contributed by atoms with van der Waals surface area (Å²) in [5, 5.41) is 1.35. The van der Waals surface area contributed by atoms with E-state index in [2.05, 4.69) is 26.3 Å². The highest BCUT2D eigenvalue weighted by Gasteiger charge is 2.25. The molecule has 2 aromatic rings. The standard InChI is InChI=1S/C15H12BrN3O2/c16-12-5-10(7-17-8-12)6-14(20)19-9-11-3-1-2-4-13(11)15(21)18-19/h1-5,7-8H,6,9H2,(H,18,21). The molecule has 21 heavy (non-hydrogen) atoms. The molecule has 3 rings (SSSR count). The van der Waals surface area contributed by atoms with Gasteiger partial charge in [0.1, 0.15) is 0 Å². The van der Waals surface area contributed by atoms with Crippen LogP contribution in [0, 0.1) is 0 Å². The van der Waals surface area contributed by atoms with Crippen LogP contribution in [0.2, 0.25) is 0 Å². The van der Waals surface area contributed by atoms with Crippen molar-refractivity contribution in [2.24, 2.45) is 0 Å². The molecule has 0 fully saturated rings. The minimum absolute atomic E-state index is 0.169. The second kappa shape index (κ2) is 5.65. The summed E-state index contributed by atoms with van der Waals surface area (Å²) in [4.78, 5) is 28.3. The predicted octanol–water partition coefficient (Wildman–Crippen LogP) is 2.07.